The summed E-state index contributed by atoms with van der Waals surface area (Å²) in [7, 11) is 0. The van der Waals surface area contributed by atoms with Gasteiger partial charge in [-0.15, -0.1) is 0 Å². The zero-order valence-electron chi connectivity index (χ0n) is 15.8. The summed E-state index contributed by atoms with van der Waals surface area (Å²) >= 11 is 5.37. The number of hydrogen-bond donors (Lipinski definition) is 2. The monoisotopic (exact) mass is 408 g/mol. The number of ether oxygens (including phenoxy) is 3. The minimum absolute atomic E-state index is 0.371. The van der Waals surface area contributed by atoms with Crippen LogP contribution in [0.2, 0.25) is 0 Å². The number of nitrogens with one attached hydrogen (secondary N) is 2. The molecule has 0 amide bonds. The average Bonchev–Trinajstić information content (AvgIpc) is 2.72. The fourth-order valence-corrected chi connectivity index (χ4v) is 2.95. The topological polar surface area (TPSA) is 77.5 Å². The molecule has 1 aromatic heterocycles. The van der Waals surface area contributed by atoms with Gasteiger partial charge in [-0.3, -0.25) is 0 Å². The molecule has 0 saturated heterocycles. The van der Waals surface area contributed by atoms with Crippen LogP contribution in [-0.4, -0.2) is 28.3 Å². The van der Waals surface area contributed by atoms with Gasteiger partial charge in [-0.2, -0.15) is 4.98 Å². The summed E-state index contributed by atoms with van der Waals surface area (Å²) in [6.07, 6.45) is 0. The normalized spacial score (nSPS) is 12.2. The molecule has 0 aliphatic carbocycles. The van der Waals surface area contributed by atoms with Crippen LogP contribution in [-0.2, 0) is 6.54 Å². The number of anilines is 1. The van der Waals surface area contributed by atoms with Crippen LogP contribution < -0.4 is 24.8 Å². The van der Waals surface area contributed by atoms with Crippen molar-refractivity contribution in [2.45, 2.75) is 13.5 Å². The highest BCUT2D eigenvalue weighted by Gasteiger charge is 2.12. The third kappa shape index (κ3) is 5.11. The lowest BCUT2D eigenvalue weighted by molar-refractivity contribution is 0.171. The van der Waals surface area contributed by atoms with E-state index in [1.165, 1.54) is 0 Å². The number of aromatic nitrogens is 2. The summed E-state index contributed by atoms with van der Waals surface area (Å²) in [5.74, 6) is 3.03. The third-order valence-electron chi connectivity index (χ3n) is 4.08. The molecule has 0 atom stereocenters. The number of fused-ring (bicyclic) bond motifs is 1. The molecule has 4 rings (SSSR count). The largest absolute Gasteiger partial charge is 0.486 e. The zero-order valence-corrected chi connectivity index (χ0v) is 16.7. The highest BCUT2D eigenvalue weighted by atomic mass is 32.1. The molecule has 2 aromatic carbocycles. The summed E-state index contributed by atoms with van der Waals surface area (Å²) in [4.78, 5) is 8.73. The molecule has 8 heteroatoms. The van der Waals surface area contributed by atoms with Gasteiger partial charge in [0.1, 0.15) is 19.0 Å². The highest BCUT2D eigenvalue weighted by molar-refractivity contribution is 7.80. The van der Waals surface area contributed by atoms with Crippen molar-refractivity contribution in [2.75, 3.05) is 18.5 Å². The van der Waals surface area contributed by atoms with E-state index in [-0.39, 0.29) is 0 Å². The first-order chi connectivity index (χ1) is 14.2. The molecule has 0 spiro atoms. The molecular weight excluding hydrogens is 388 g/mol. The predicted octanol–water partition coefficient (Wildman–Crippen LogP) is 3.84. The highest BCUT2D eigenvalue weighted by Crippen LogP contribution is 2.30. The lowest BCUT2D eigenvalue weighted by atomic mass is 10.2. The van der Waals surface area contributed by atoms with Gasteiger partial charge in [0.05, 0.1) is 0 Å². The Morgan fingerprint density at radius 2 is 1.83 bits per heavy atom. The summed E-state index contributed by atoms with van der Waals surface area (Å²) < 4.78 is 16.9. The number of para-hydroxylation sites is 1. The number of aryl methyl sites for hydroxylation is 1. The maximum Gasteiger partial charge on any atom is 0.232 e. The van der Waals surface area contributed by atoms with Gasteiger partial charge in [0.25, 0.3) is 0 Å². The van der Waals surface area contributed by atoms with E-state index in [0.29, 0.717) is 42.4 Å². The summed E-state index contributed by atoms with van der Waals surface area (Å²) in [6, 6.07) is 17.0. The molecule has 29 heavy (non-hydrogen) atoms. The number of thiocarbonyl (C=S) groups is 1. The standard InChI is InChI=1S/C21H20N4O3S/c1-14-11-19(28-16-5-3-2-4-6-16)24-20(23-14)25-21(29)22-13-15-7-8-17-18(12-15)27-10-9-26-17/h2-8,11-12H,9-10,13H2,1H3,(H2,22,23,24,25,29). The molecule has 0 bridgehead atoms. The molecular formula is C21H20N4O3S. The Kier molecular flexibility index (Phi) is 5.71. The Bertz CT molecular complexity index is 1010. The van der Waals surface area contributed by atoms with E-state index in [9.17, 15) is 0 Å². The van der Waals surface area contributed by atoms with Gasteiger partial charge in [-0.1, -0.05) is 24.3 Å². The van der Waals surface area contributed by atoms with Crippen molar-refractivity contribution in [1.29, 1.82) is 0 Å². The molecule has 3 aromatic rings. The lowest BCUT2D eigenvalue weighted by Crippen LogP contribution is -2.29. The quantitative estimate of drug-likeness (QED) is 0.617. The molecule has 0 fully saturated rings. The van der Waals surface area contributed by atoms with Crippen molar-refractivity contribution in [1.82, 2.24) is 15.3 Å². The molecule has 7 nitrogen and oxygen atoms in total. The van der Waals surface area contributed by atoms with E-state index >= 15 is 0 Å². The molecule has 148 valence electrons. The molecule has 1 aliphatic rings. The van der Waals surface area contributed by atoms with Gasteiger partial charge in [0.2, 0.25) is 11.8 Å². The number of benzene rings is 2. The van der Waals surface area contributed by atoms with Crippen molar-refractivity contribution >= 4 is 23.3 Å². The smallest absolute Gasteiger partial charge is 0.232 e. The van der Waals surface area contributed by atoms with Crippen molar-refractivity contribution < 1.29 is 14.2 Å². The molecule has 2 N–H and O–H groups in total. The fraction of sp³-hybridized carbons (Fsp3) is 0.190. The Balaban J connectivity index is 1.37. The molecule has 0 radical (unpaired) electrons. The van der Waals surface area contributed by atoms with Crippen molar-refractivity contribution in [3.05, 3.63) is 65.9 Å². The maximum atomic E-state index is 5.78. The molecule has 2 heterocycles. The van der Waals surface area contributed by atoms with Gasteiger partial charge in [-0.05, 0) is 49.0 Å². The van der Waals surface area contributed by atoms with E-state index in [1.54, 1.807) is 6.07 Å². The van der Waals surface area contributed by atoms with Crippen molar-refractivity contribution in [2.24, 2.45) is 0 Å². The Hall–Kier alpha value is -3.39. The van der Waals surface area contributed by atoms with Crippen molar-refractivity contribution in [3.8, 4) is 23.1 Å². The Labute approximate surface area is 174 Å². The molecule has 1 aliphatic heterocycles. The fourth-order valence-electron chi connectivity index (χ4n) is 2.78. The number of hydrogen-bond acceptors (Lipinski definition) is 6. The van der Waals surface area contributed by atoms with Gasteiger partial charge in [-0.25, -0.2) is 4.98 Å². The summed E-state index contributed by atoms with van der Waals surface area (Å²) in [5.41, 5.74) is 1.79. The van der Waals surface area contributed by atoms with Crippen LogP contribution in [0.25, 0.3) is 0 Å². The first-order valence-corrected chi connectivity index (χ1v) is 9.58. The Morgan fingerprint density at radius 1 is 1.03 bits per heavy atom. The SMILES string of the molecule is Cc1cc(Oc2ccccc2)nc(NC(=S)NCc2ccc3c(c2)OCCO3)n1. The van der Waals surface area contributed by atoms with Crippen LogP contribution in [0.1, 0.15) is 11.3 Å². The first-order valence-electron chi connectivity index (χ1n) is 9.18. The van der Waals surface area contributed by atoms with E-state index in [1.807, 2.05) is 55.5 Å². The summed E-state index contributed by atoms with van der Waals surface area (Å²) in [6.45, 7) is 3.53. The second kappa shape index (κ2) is 8.74. The van der Waals surface area contributed by atoms with E-state index in [2.05, 4.69) is 20.6 Å². The average molecular weight is 408 g/mol. The summed E-state index contributed by atoms with van der Waals surface area (Å²) in [5, 5.41) is 6.56. The van der Waals surface area contributed by atoms with Gasteiger partial charge >= 0.3 is 0 Å². The first kappa shape index (κ1) is 18.9. The van der Waals surface area contributed by atoms with Gasteiger partial charge < -0.3 is 24.8 Å². The van der Waals surface area contributed by atoms with Crippen LogP contribution in [0.5, 0.6) is 23.1 Å². The Morgan fingerprint density at radius 3 is 2.66 bits per heavy atom. The minimum atomic E-state index is 0.371. The van der Waals surface area contributed by atoms with Crippen LogP contribution >= 0.6 is 12.2 Å². The van der Waals surface area contributed by atoms with Crippen LogP contribution in [0.4, 0.5) is 5.95 Å². The molecule has 0 unspecified atom stereocenters. The van der Waals surface area contributed by atoms with Crippen LogP contribution in [0.15, 0.2) is 54.6 Å². The zero-order chi connectivity index (χ0) is 20.1. The van der Waals surface area contributed by atoms with E-state index in [4.69, 9.17) is 26.4 Å². The number of nitrogens with zero attached hydrogens (tertiary/aromatic N) is 2. The lowest BCUT2D eigenvalue weighted by Gasteiger charge is -2.19. The number of rotatable bonds is 5. The van der Waals surface area contributed by atoms with Gasteiger partial charge in [0, 0.05) is 18.3 Å². The van der Waals surface area contributed by atoms with Crippen LogP contribution in [0.3, 0.4) is 0 Å². The van der Waals surface area contributed by atoms with E-state index in [0.717, 1.165) is 22.8 Å². The second-order valence-corrected chi connectivity index (χ2v) is 6.78. The second-order valence-electron chi connectivity index (χ2n) is 6.37. The third-order valence-corrected chi connectivity index (χ3v) is 4.33. The minimum Gasteiger partial charge on any atom is -0.486 e. The molecule has 0 saturated carbocycles. The van der Waals surface area contributed by atoms with E-state index < -0.39 is 0 Å². The maximum absolute atomic E-state index is 5.78. The van der Waals surface area contributed by atoms with Gasteiger partial charge in [0.15, 0.2) is 16.6 Å². The van der Waals surface area contributed by atoms with Crippen LogP contribution in [0, 0.1) is 6.92 Å². The van der Waals surface area contributed by atoms with Crippen molar-refractivity contribution in [3.63, 3.8) is 0 Å². The predicted molar refractivity (Wildman–Crippen MR) is 114 cm³/mol.